The van der Waals surface area contributed by atoms with E-state index in [1.54, 1.807) is 11.8 Å². The number of rotatable bonds is 2. The molecule has 30 heavy (non-hydrogen) atoms. The third-order valence-corrected chi connectivity index (χ3v) is 4.95. The van der Waals surface area contributed by atoms with Crippen LogP contribution in [0.5, 0.6) is 0 Å². The average molecular weight is 419 g/mol. The van der Waals surface area contributed by atoms with Crippen LogP contribution in [0, 0.1) is 13.8 Å². The van der Waals surface area contributed by atoms with E-state index in [-0.39, 0.29) is 7.43 Å². The van der Waals surface area contributed by atoms with Crippen molar-refractivity contribution in [1.29, 1.82) is 0 Å². The van der Waals surface area contributed by atoms with E-state index < -0.39 is 0 Å². The molecule has 0 bridgehead atoms. The summed E-state index contributed by atoms with van der Waals surface area (Å²) in [4.78, 5) is 2.59. The molecule has 0 saturated carbocycles. The van der Waals surface area contributed by atoms with E-state index in [1.165, 1.54) is 31.7 Å². The molecular formula is C29H38S. The second-order valence-corrected chi connectivity index (χ2v) is 7.22. The number of benzene rings is 4. The Kier molecular flexibility index (Phi) is 14.9. The van der Waals surface area contributed by atoms with Crippen molar-refractivity contribution < 1.29 is 0 Å². The lowest BCUT2D eigenvalue weighted by atomic mass is 10.1. The minimum absolute atomic E-state index is 0. The van der Waals surface area contributed by atoms with Gasteiger partial charge < -0.3 is 0 Å². The van der Waals surface area contributed by atoms with Crippen molar-refractivity contribution in [1.82, 2.24) is 0 Å². The van der Waals surface area contributed by atoms with Gasteiger partial charge in [0.25, 0.3) is 0 Å². The molecule has 1 heteroatoms. The fourth-order valence-electron chi connectivity index (χ4n) is 2.48. The van der Waals surface area contributed by atoms with Crippen LogP contribution in [0.15, 0.2) is 107 Å². The fraction of sp³-hybridized carbons (Fsp3) is 0.241. The SMILES string of the molecule is C.CC.CC.Cc1ccc(Sc2ccc(C)cc2)cc1.c1ccc2ccccc2c1. The first-order valence-electron chi connectivity index (χ1n) is 10.5. The first-order chi connectivity index (χ1) is 14.2. The number of hydrogen-bond acceptors (Lipinski definition) is 1. The van der Waals surface area contributed by atoms with E-state index >= 15 is 0 Å². The Labute approximate surface area is 189 Å². The maximum absolute atomic E-state index is 2.17. The number of hydrogen-bond donors (Lipinski definition) is 0. The second-order valence-electron chi connectivity index (χ2n) is 6.08. The minimum atomic E-state index is 0. The molecule has 4 aromatic rings. The normalized spacial score (nSPS) is 8.87. The Bertz CT molecular complexity index is 813. The first-order valence-corrected chi connectivity index (χ1v) is 11.3. The van der Waals surface area contributed by atoms with Crippen LogP contribution in [-0.2, 0) is 0 Å². The molecule has 4 rings (SSSR count). The van der Waals surface area contributed by atoms with Crippen molar-refractivity contribution in [3.63, 3.8) is 0 Å². The zero-order valence-electron chi connectivity index (χ0n) is 18.6. The van der Waals surface area contributed by atoms with Gasteiger partial charge >= 0.3 is 0 Å². The van der Waals surface area contributed by atoms with Gasteiger partial charge in [0.1, 0.15) is 0 Å². The van der Waals surface area contributed by atoms with Crippen LogP contribution < -0.4 is 0 Å². The molecule has 160 valence electrons. The molecule has 0 aliphatic heterocycles. The Balaban J connectivity index is 0.000000490. The van der Waals surface area contributed by atoms with E-state index in [2.05, 4.69) is 111 Å². The van der Waals surface area contributed by atoms with Gasteiger partial charge in [-0.1, -0.05) is 131 Å². The molecule has 0 N–H and O–H groups in total. The molecule has 0 heterocycles. The molecular weight excluding hydrogens is 380 g/mol. The molecule has 0 atom stereocenters. The summed E-state index contributed by atoms with van der Waals surface area (Å²) in [5.41, 5.74) is 2.62. The summed E-state index contributed by atoms with van der Waals surface area (Å²) in [7, 11) is 0. The van der Waals surface area contributed by atoms with Crippen LogP contribution in [0.1, 0.15) is 46.2 Å². The molecule has 0 saturated heterocycles. The van der Waals surface area contributed by atoms with E-state index in [0.29, 0.717) is 0 Å². The van der Waals surface area contributed by atoms with Crippen LogP contribution in [-0.4, -0.2) is 0 Å². The maximum atomic E-state index is 2.17. The largest absolute Gasteiger partial charge is 0.0901 e. The Morgan fingerprint density at radius 2 is 0.700 bits per heavy atom. The third kappa shape index (κ3) is 9.80. The Morgan fingerprint density at radius 3 is 0.967 bits per heavy atom. The standard InChI is InChI=1S/C14H14S.C10H8.2C2H6.CH4/c1-11-3-7-13(8-4-11)15-14-9-5-12(2)6-10-14;1-2-6-10-8-4-3-7-9(10)5-1;2*1-2;/h3-10H,1-2H3;1-8H;2*1-2H3;1H4. The summed E-state index contributed by atoms with van der Waals surface area (Å²) >= 11 is 1.80. The molecule has 0 aromatic heterocycles. The zero-order valence-corrected chi connectivity index (χ0v) is 19.5. The van der Waals surface area contributed by atoms with Crippen LogP contribution in [0.4, 0.5) is 0 Å². The van der Waals surface area contributed by atoms with E-state index in [4.69, 9.17) is 0 Å². The van der Waals surface area contributed by atoms with Crippen LogP contribution >= 0.6 is 11.8 Å². The topological polar surface area (TPSA) is 0 Å². The lowest BCUT2D eigenvalue weighted by Gasteiger charge is -2.02. The summed E-state index contributed by atoms with van der Waals surface area (Å²) in [5, 5.41) is 2.62. The van der Waals surface area contributed by atoms with Gasteiger partial charge in [0.05, 0.1) is 0 Å². The average Bonchev–Trinajstić information content (AvgIpc) is 2.80. The molecule has 0 fully saturated rings. The summed E-state index contributed by atoms with van der Waals surface area (Å²) in [6, 6.07) is 34.0. The third-order valence-electron chi connectivity index (χ3n) is 3.94. The summed E-state index contributed by atoms with van der Waals surface area (Å²) in [6.07, 6.45) is 0. The predicted octanol–water partition coefficient (Wildman–Crippen LogP) is 9.98. The monoisotopic (exact) mass is 418 g/mol. The van der Waals surface area contributed by atoms with Gasteiger partial charge in [-0.2, -0.15) is 0 Å². The number of aryl methyl sites for hydroxylation is 2. The van der Waals surface area contributed by atoms with Gasteiger partial charge in [-0.05, 0) is 48.9 Å². The molecule has 4 aromatic carbocycles. The van der Waals surface area contributed by atoms with Gasteiger partial charge in [0.15, 0.2) is 0 Å². The Hall–Kier alpha value is -2.51. The number of fused-ring (bicyclic) bond motifs is 1. The molecule has 0 spiro atoms. The molecule has 0 nitrogen and oxygen atoms in total. The van der Waals surface area contributed by atoms with E-state index in [0.717, 1.165) is 0 Å². The lowest BCUT2D eigenvalue weighted by Crippen LogP contribution is -1.76. The van der Waals surface area contributed by atoms with Gasteiger partial charge in [0, 0.05) is 9.79 Å². The van der Waals surface area contributed by atoms with Crippen LogP contribution in [0.25, 0.3) is 10.8 Å². The van der Waals surface area contributed by atoms with Crippen molar-refractivity contribution in [2.24, 2.45) is 0 Å². The summed E-state index contributed by atoms with van der Waals surface area (Å²) < 4.78 is 0. The van der Waals surface area contributed by atoms with Crippen molar-refractivity contribution >= 4 is 22.5 Å². The predicted molar refractivity (Wildman–Crippen MR) is 140 cm³/mol. The highest BCUT2D eigenvalue weighted by Gasteiger charge is 1.96. The highest BCUT2D eigenvalue weighted by molar-refractivity contribution is 7.99. The molecule has 0 aliphatic rings. The molecule has 0 radical (unpaired) electrons. The van der Waals surface area contributed by atoms with Crippen LogP contribution in [0.3, 0.4) is 0 Å². The van der Waals surface area contributed by atoms with Gasteiger partial charge in [0.2, 0.25) is 0 Å². The van der Waals surface area contributed by atoms with Crippen molar-refractivity contribution in [2.45, 2.75) is 58.8 Å². The molecule has 0 aliphatic carbocycles. The van der Waals surface area contributed by atoms with Crippen molar-refractivity contribution in [3.8, 4) is 0 Å². The smallest absolute Gasteiger partial charge is 0.0122 e. The maximum Gasteiger partial charge on any atom is 0.0122 e. The fourth-order valence-corrected chi connectivity index (χ4v) is 3.30. The molecule has 0 unspecified atom stereocenters. The summed E-state index contributed by atoms with van der Waals surface area (Å²) in [6.45, 7) is 12.2. The first kappa shape index (κ1) is 27.5. The van der Waals surface area contributed by atoms with Gasteiger partial charge in [-0.15, -0.1) is 0 Å². The Morgan fingerprint density at radius 1 is 0.433 bits per heavy atom. The van der Waals surface area contributed by atoms with E-state index in [9.17, 15) is 0 Å². The van der Waals surface area contributed by atoms with Gasteiger partial charge in [-0.25, -0.2) is 0 Å². The quantitative estimate of drug-likeness (QED) is 0.312. The minimum Gasteiger partial charge on any atom is -0.0901 e. The molecule has 0 amide bonds. The van der Waals surface area contributed by atoms with E-state index in [1.807, 2.05) is 27.7 Å². The van der Waals surface area contributed by atoms with Crippen LogP contribution in [0.2, 0.25) is 0 Å². The van der Waals surface area contributed by atoms with Gasteiger partial charge in [-0.3, -0.25) is 0 Å². The lowest BCUT2D eigenvalue weighted by molar-refractivity contribution is 1.34. The zero-order chi connectivity index (χ0) is 21.5. The highest BCUT2D eigenvalue weighted by Crippen LogP contribution is 2.27. The second kappa shape index (κ2) is 16.3. The summed E-state index contributed by atoms with van der Waals surface area (Å²) in [5.74, 6) is 0. The van der Waals surface area contributed by atoms with Crippen molar-refractivity contribution in [2.75, 3.05) is 0 Å². The highest BCUT2D eigenvalue weighted by atomic mass is 32.2. The van der Waals surface area contributed by atoms with Crippen molar-refractivity contribution in [3.05, 3.63) is 108 Å².